The van der Waals surface area contributed by atoms with Crippen LogP contribution in [-0.4, -0.2) is 24.3 Å². The topological polar surface area (TPSA) is 32.3 Å². The molecule has 0 radical (unpaired) electrons. The summed E-state index contributed by atoms with van der Waals surface area (Å²) >= 11 is 0. The Kier molecular flexibility index (Phi) is 3.45. The van der Waals surface area contributed by atoms with E-state index in [1.165, 1.54) is 25.7 Å². The molecular weight excluding hydrogens is 174 g/mol. The van der Waals surface area contributed by atoms with E-state index in [-0.39, 0.29) is 6.10 Å². The number of aliphatic hydroxyl groups excluding tert-OH is 1. The number of rotatable bonds is 1. The summed E-state index contributed by atoms with van der Waals surface area (Å²) in [4.78, 5) is 0. The summed E-state index contributed by atoms with van der Waals surface area (Å²) in [5.74, 6) is 2.24. The lowest BCUT2D eigenvalue weighted by atomic mass is 9.73. The van der Waals surface area contributed by atoms with Crippen LogP contribution in [0.5, 0.6) is 0 Å². The highest BCUT2D eigenvalue weighted by Gasteiger charge is 2.32. The van der Waals surface area contributed by atoms with Gasteiger partial charge in [0.15, 0.2) is 0 Å². The molecule has 2 fully saturated rings. The fourth-order valence-electron chi connectivity index (χ4n) is 3.06. The predicted molar refractivity (Wildman–Crippen MR) is 58.1 cm³/mol. The Labute approximate surface area is 87.1 Å². The molecule has 1 aliphatic carbocycles. The van der Waals surface area contributed by atoms with Gasteiger partial charge in [-0.1, -0.05) is 19.8 Å². The smallest absolute Gasteiger partial charge is 0.0595 e. The Balaban J connectivity index is 1.87. The zero-order valence-corrected chi connectivity index (χ0v) is 9.21. The lowest BCUT2D eigenvalue weighted by Gasteiger charge is -2.38. The SMILES string of the molecule is CC1CCC(C2CNCCC2O)CC1. The van der Waals surface area contributed by atoms with Gasteiger partial charge in [0, 0.05) is 12.5 Å². The minimum absolute atomic E-state index is 0.0327. The molecule has 0 aromatic heterocycles. The highest BCUT2D eigenvalue weighted by atomic mass is 16.3. The zero-order chi connectivity index (χ0) is 9.97. The second-order valence-corrected chi connectivity index (χ2v) is 5.24. The molecule has 2 atom stereocenters. The van der Waals surface area contributed by atoms with Crippen LogP contribution in [0.4, 0.5) is 0 Å². The summed E-state index contributed by atoms with van der Waals surface area (Å²) < 4.78 is 0. The Morgan fingerprint density at radius 3 is 2.43 bits per heavy atom. The van der Waals surface area contributed by atoms with E-state index in [1.54, 1.807) is 0 Å². The molecule has 1 saturated carbocycles. The van der Waals surface area contributed by atoms with E-state index in [1.807, 2.05) is 0 Å². The molecule has 0 aromatic rings. The standard InChI is InChI=1S/C12H23NO/c1-9-2-4-10(5-3-9)11-8-13-7-6-12(11)14/h9-14H,2-8H2,1H3. The second kappa shape index (κ2) is 4.63. The molecule has 2 aliphatic rings. The molecule has 2 unspecified atom stereocenters. The first-order chi connectivity index (χ1) is 6.77. The molecule has 82 valence electrons. The van der Waals surface area contributed by atoms with Crippen molar-refractivity contribution in [2.45, 2.75) is 45.1 Å². The first-order valence-corrected chi connectivity index (χ1v) is 6.16. The first-order valence-electron chi connectivity index (χ1n) is 6.16. The van der Waals surface area contributed by atoms with Crippen LogP contribution in [0.1, 0.15) is 39.0 Å². The van der Waals surface area contributed by atoms with Crippen molar-refractivity contribution in [2.75, 3.05) is 13.1 Å². The van der Waals surface area contributed by atoms with E-state index in [0.29, 0.717) is 5.92 Å². The van der Waals surface area contributed by atoms with Crippen molar-refractivity contribution in [1.82, 2.24) is 5.32 Å². The lowest BCUT2D eigenvalue weighted by molar-refractivity contribution is 0.0306. The molecule has 0 bridgehead atoms. The van der Waals surface area contributed by atoms with E-state index < -0.39 is 0 Å². The van der Waals surface area contributed by atoms with E-state index in [0.717, 1.165) is 31.3 Å². The van der Waals surface area contributed by atoms with Crippen LogP contribution >= 0.6 is 0 Å². The molecule has 1 saturated heterocycles. The van der Waals surface area contributed by atoms with Crippen LogP contribution in [0.2, 0.25) is 0 Å². The summed E-state index contributed by atoms with van der Waals surface area (Å²) in [6.45, 7) is 4.40. The lowest BCUT2D eigenvalue weighted by Crippen LogP contribution is -2.44. The van der Waals surface area contributed by atoms with E-state index in [2.05, 4.69) is 12.2 Å². The molecule has 2 nitrogen and oxygen atoms in total. The van der Waals surface area contributed by atoms with Crippen LogP contribution in [0, 0.1) is 17.8 Å². The highest BCUT2D eigenvalue weighted by Crippen LogP contribution is 2.35. The van der Waals surface area contributed by atoms with Crippen molar-refractivity contribution in [3.63, 3.8) is 0 Å². The summed E-state index contributed by atoms with van der Waals surface area (Å²) in [5, 5.41) is 13.4. The maximum absolute atomic E-state index is 9.95. The van der Waals surface area contributed by atoms with E-state index in [9.17, 15) is 5.11 Å². The van der Waals surface area contributed by atoms with Crippen LogP contribution in [0.25, 0.3) is 0 Å². The van der Waals surface area contributed by atoms with Gasteiger partial charge in [0.1, 0.15) is 0 Å². The fourth-order valence-corrected chi connectivity index (χ4v) is 3.06. The zero-order valence-electron chi connectivity index (χ0n) is 9.21. The number of aliphatic hydroxyl groups is 1. The third kappa shape index (κ3) is 2.29. The van der Waals surface area contributed by atoms with Crippen molar-refractivity contribution in [2.24, 2.45) is 17.8 Å². The van der Waals surface area contributed by atoms with Crippen molar-refractivity contribution in [3.05, 3.63) is 0 Å². The van der Waals surface area contributed by atoms with Crippen LogP contribution in [0.15, 0.2) is 0 Å². The third-order valence-corrected chi connectivity index (χ3v) is 4.16. The van der Waals surface area contributed by atoms with Crippen molar-refractivity contribution in [3.8, 4) is 0 Å². The summed E-state index contributed by atoms with van der Waals surface area (Å²) in [6, 6.07) is 0. The minimum Gasteiger partial charge on any atom is -0.393 e. The maximum Gasteiger partial charge on any atom is 0.0595 e. The Hall–Kier alpha value is -0.0800. The number of piperidine rings is 1. The van der Waals surface area contributed by atoms with Gasteiger partial charge in [0.2, 0.25) is 0 Å². The van der Waals surface area contributed by atoms with Gasteiger partial charge < -0.3 is 10.4 Å². The van der Waals surface area contributed by atoms with Gasteiger partial charge in [-0.05, 0) is 37.6 Å². The quantitative estimate of drug-likeness (QED) is 0.671. The normalized spacial score (nSPS) is 45.0. The maximum atomic E-state index is 9.95. The Morgan fingerprint density at radius 2 is 1.79 bits per heavy atom. The molecule has 1 heterocycles. The molecule has 2 N–H and O–H groups in total. The second-order valence-electron chi connectivity index (χ2n) is 5.24. The average Bonchev–Trinajstić information content (AvgIpc) is 2.20. The largest absolute Gasteiger partial charge is 0.393 e. The molecular formula is C12H23NO. The van der Waals surface area contributed by atoms with E-state index in [4.69, 9.17) is 0 Å². The van der Waals surface area contributed by atoms with Crippen molar-refractivity contribution >= 4 is 0 Å². The Bertz CT molecular complexity index is 175. The van der Waals surface area contributed by atoms with Gasteiger partial charge in [-0.15, -0.1) is 0 Å². The molecule has 0 spiro atoms. The molecule has 2 rings (SSSR count). The highest BCUT2D eigenvalue weighted by molar-refractivity contribution is 4.85. The number of nitrogens with one attached hydrogen (secondary N) is 1. The molecule has 1 aliphatic heterocycles. The average molecular weight is 197 g/mol. The van der Waals surface area contributed by atoms with Gasteiger partial charge in [-0.3, -0.25) is 0 Å². The molecule has 2 heteroatoms. The van der Waals surface area contributed by atoms with Crippen molar-refractivity contribution < 1.29 is 5.11 Å². The van der Waals surface area contributed by atoms with E-state index >= 15 is 0 Å². The molecule has 14 heavy (non-hydrogen) atoms. The monoisotopic (exact) mass is 197 g/mol. The summed E-state index contributed by atoms with van der Waals surface area (Å²) in [5.41, 5.74) is 0. The first kappa shape index (κ1) is 10.4. The van der Waals surface area contributed by atoms with Gasteiger partial charge in [-0.25, -0.2) is 0 Å². The fraction of sp³-hybridized carbons (Fsp3) is 1.00. The minimum atomic E-state index is -0.0327. The van der Waals surface area contributed by atoms with Gasteiger partial charge in [-0.2, -0.15) is 0 Å². The predicted octanol–water partition coefficient (Wildman–Crippen LogP) is 1.78. The summed E-state index contributed by atoms with van der Waals surface area (Å²) in [6.07, 6.45) is 6.34. The number of hydrogen-bond donors (Lipinski definition) is 2. The van der Waals surface area contributed by atoms with Gasteiger partial charge >= 0.3 is 0 Å². The Morgan fingerprint density at radius 1 is 1.07 bits per heavy atom. The third-order valence-electron chi connectivity index (χ3n) is 4.16. The van der Waals surface area contributed by atoms with Gasteiger partial charge in [0.05, 0.1) is 6.10 Å². The van der Waals surface area contributed by atoms with Crippen LogP contribution in [-0.2, 0) is 0 Å². The molecule has 0 amide bonds. The number of hydrogen-bond acceptors (Lipinski definition) is 2. The van der Waals surface area contributed by atoms with Gasteiger partial charge in [0.25, 0.3) is 0 Å². The van der Waals surface area contributed by atoms with Crippen LogP contribution in [0.3, 0.4) is 0 Å². The van der Waals surface area contributed by atoms with Crippen LogP contribution < -0.4 is 5.32 Å². The summed E-state index contributed by atoms with van der Waals surface area (Å²) in [7, 11) is 0. The van der Waals surface area contributed by atoms with Crippen molar-refractivity contribution in [1.29, 1.82) is 0 Å². The molecule has 0 aromatic carbocycles.